The second-order valence-electron chi connectivity index (χ2n) is 5.66. The summed E-state index contributed by atoms with van der Waals surface area (Å²) in [6.45, 7) is 3.59. The van der Waals surface area contributed by atoms with Crippen LogP contribution in [0, 0.1) is 0 Å². The molecule has 0 saturated carbocycles. The first-order chi connectivity index (χ1) is 10.4. The van der Waals surface area contributed by atoms with Crippen LogP contribution in [-0.4, -0.2) is 21.7 Å². The lowest BCUT2D eigenvalue weighted by Crippen LogP contribution is -2.33. The summed E-state index contributed by atoms with van der Waals surface area (Å²) in [5.41, 5.74) is 11.9. The molecule has 22 heavy (non-hydrogen) atoms. The van der Waals surface area contributed by atoms with E-state index in [0.29, 0.717) is 17.8 Å². The van der Waals surface area contributed by atoms with Gasteiger partial charge in [-0.05, 0) is 19.9 Å². The lowest BCUT2D eigenvalue weighted by molar-refractivity contribution is 0.0460. The number of para-hydroxylation sites is 1. The summed E-state index contributed by atoms with van der Waals surface area (Å²) in [6.07, 6.45) is -0.332. The number of rotatable bonds is 3. The SMILES string of the molecule is CC(C)(Cc1nc2c(N)nc3ccccc3c2s1)OC(N)=O. The molecule has 1 aromatic carbocycles. The van der Waals surface area contributed by atoms with Gasteiger partial charge in [-0.3, -0.25) is 0 Å². The van der Waals surface area contributed by atoms with E-state index in [1.54, 1.807) is 13.8 Å². The monoisotopic (exact) mass is 316 g/mol. The largest absolute Gasteiger partial charge is 0.443 e. The van der Waals surface area contributed by atoms with Crippen LogP contribution in [0.25, 0.3) is 21.1 Å². The lowest BCUT2D eigenvalue weighted by Gasteiger charge is -2.22. The Bertz CT molecular complexity index is 872. The molecule has 114 valence electrons. The number of pyridine rings is 1. The number of carbonyl (C=O) groups excluding carboxylic acids is 1. The number of fused-ring (bicyclic) bond motifs is 3. The van der Waals surface area contributed by atoms with Crippen molar-refractivity contribution in [2.75, 3.05) is 5.73 Å². The minimum Gasteiger partial charge on any atom is -0.443 e. The lowest BCUT2D eigenvalue weighted by atomic mass is 10.1. The second kappa shape index (κ2) is 5.10. The molecule has 0 fully saturated rings. The van der Waals surface area contributed by atoms with Gasteiger partial charge in [-0.25, -0.2) is 14.8 Å². The number of anilines is 1. The highest BCUT2D eigenvalue weighted by Gasteiger charge is 2.25. The molecule has 4 N–H and O–H groups in total. The number of nitrogens with zero attached hydrogens (tertiary/aromatic N) is 2. The molecule has 0 saturated heterocycles. The molecule has 2 heterocycles. The highest BCUT2D eigenvalue weighted by molar-refractivity contribution is 7.19. The Balaban J connectivity index is 2.08. The fourth-order valence-corrected chi connectivity index (χ4v) is 3.74. The predicted molar refractivity (Wildman–Crippen MR) is 87.8 cm³/mol. The van der Waals surface area contributed by atoms with Gasteiger partial charge in [0.2, 0.25) is 0 Å². The molecule has 0 bridgehead atoms. The van der Waals surface area contributed by atoms with Gasteiger partial charge >= 0.3 is 6.09 Å². The third kappa shape index (κ3) is 2.67. The van der Waals surface area contributed by atoms with Gasteiger partial charge < -0.3 is 16.2 Å². The number of carbonyl (C=O) groups is 1. The molecule has 1 amide bonds. The summed E-state index contributed by atoms with van der Waals surface area (Å²) in [5.74, 6) is 0.407. The van der Waals surface area contributed by atoms with Crippen LogP contribution >= 0.6 is 11.3 Å². The smallest absolute Gasteiger partial charge is 0.405 e. The maximum absolute atomic E-state index is 11.0. The third-order valence-electron chi connectivity index (χ3n) is 3.26. The van der Waals surface area contributed by atoms with Crippen molar-refractivity contribution < 1.29 is 9.53 Å². The zero-order valence-electron chi connectivity index (χ0n) is 12.3. The van der Waals surface area contributed by atoms with Crippen LogP contribution < -0.4 is 11.5 Å². The molecule has 0 radical (unpaired) electrons. The number of benzene rings is 1. The van der Waals surface area contributed by atoms with Gasteiger partial charge in [0, 0.05) is 11.8 Å². The first kappa shape index (κ1) is 14.5. The summed E-state index contributed by atoms with van der Waals surface area (Å²) >= 11 is 1.53. The van der Waals surface area contributed by atoms with E-state index in [1.807, 2.05) is 24.3 Å². The summed E-state index contributed by atoms with van der Waals surface area (Å²) < 4.78 is 6.11. The Morgan fingerprint density at radius 2 is 2.05 bits per heavy atom. The van der Waals surface area contributed by atoms with E-state index in [9.17, 15) is 4.79 Å². The molecule has 3 aromatic rings. The number of hydrogen-bond donors (Lipinski definition) is 2. The van der Waals surface area contributed by atoms with Gasteiger partial charge in [0.25, 0.3) is 0 Å². The third-order valence-corrected chi connectivity index (χ3v) is 4.35. The van der Waals surface area contributed by atoms with E-state index in [4.69, 9.17) is 16.2 Å². The van der Waals surface area contributed by atoms with Crippen LogP contribution in [-0.2, 0) is 11.2 Å². The van der Waals surface area contributed by atoms with Crippen molar-refractivity contribution in [3.63, 3.8) is 0 Å². The Kier molecular flexibility index (Phi) is 3.37. The highest BCUT2D eigenvalue weighted by atomic mass is 32.1. The van der Waals surface area contributed by atoms with Crippen LogP contribution in [0.4, 0.5) is 10.6 Å². The normalized spacial score (nSPS) is 11.9. The summed E-state index contributed by atoms with van der Waals surface area (Å²) in [7, 11) is 0. The van der Waals surface area contributed by atoms with Crippen molar-refractivity contribution in [3.05, 3.63) is 29.3 Å². The van der Waals surface area contributed by atoms with Crippen molar-refractivity contribution in [2.45, 2.75) is 25.9 Å². The zero-order valence-corrected chi connectivity index (χ0v) is 13.1. The molecule has 0 unspecified atom stereocenters. The van der Waals surface area contributed by atoms with Gasteiger partial charge in [-0.2, -0.15) is 0 Å². The molecular formula is C15H16N4O2S. The highest BCUT2D eigenvalue weighted by Crippen LogP contribution is 2.33. The standard InChI is InChI=1S/C15H16N4O2S/c1-15(2,21-14(17)20)7-10-19-11-12(22-10)8-5-3-4-6-9(8)18-13(11)16/h3-6H,7H2,1-2H3,(H2,16,18)(H2,17,20). The molecule has 0 aliphatic heterocycles. The van der Waals surface area contributed by atoms with Crippen LogP contribution in [0.15, 0.2) is 24.3 Å². The average Bonchev–Trinajstić information content (AvgIpc) is 2.80. The predicted octanol–water partition coefficient (Wildman–Crippen LogP) is 2.84. The Labute approximate surface area is 131 Å². The van der Waals surface area contributed by atoms with Crippen LogP contribution in [0.2, 0.25) is 0 Å². The number of primary amides is 1. The number of aromatic nitrogens is 2. The quantitative estimate of drug-likeness (QED) is 0.773. The van der Waals surface area contributed by atoms with Crippen molar-refractivity contribution in [3.8, 4) is 0 Å². The van der Waals surface area contributed by atoms with E-state index >= 15 is 0 Å². The number of thiazole rings is 1. The maximum Gasteiger partial charge on any atom is 0.405 e. The van der Waals surface area contributed by atoms with Crippen LogP contribution in [0.5, 0.6) is 0 Å². The minimum absolute atomic E-state index is 0.407. The Morgan fingerprint density at radius 3 is 2.77 bits per heavy atom. The van der Waals surface area contributed by atoms with E-state index in [0.717, 1.165) is 20.6 Å². The Morgan fingerprint density at radius 1 is 1.32 bits per heavy atom. The average molecular weight is 316 g/mol. The number of hydrogen-bond acceptors (Lipinski definition) is 6. The van der Waals surface area contributed by atoms with Crippen molar-refractivity contribution in [2.24, 2.45) is 5.73 Å². The van der Waals surface area contributed by atoms with Gasteiger partial charge in [0.1, 0.15) is 11.1 Å². The molecule has 2 aromatic heterocycles. The van der Waals surface area contributed by atoms with E-state index < -0.39 is 11.7 Å². The molecular weight excluding hydrogens is 300 g/mol. The second-order valence-corrected chi connectivity index (χ2v) is 6.74. The van der Waals surface area contributed by atoms with Crippen molar-refractivity contribution in [1.82, 2.24) is 9.97 Å². The number of nitrogen functional groups attached to an aromatic ring is 1. The summed E-state index contributed by atoms with van der Waals surface area (Å²) in [6, 6.07) is 7.80. The van der Waals surface area contributed by atoms with E-state index in [-0.39, 0.29) is 0 Å². The van der Waals surface area contributed by atoms with Crippen molar-refractivity contribution in [1.29, 1.82) is 0 Å². The van der Waals surface area contributed by atoms with Gasteiger partial charge in [-0.1, -0.05) is 18.2 Å². The van der Waals surface area contributed by atoms with Gasteiger partial charge in [0.15, 0.2) is 5.82 Å². The van der Waals surface area contributed by atoms with Gasteiger partial charge in [0.05, 0.1) is 15.2 Å². The zero-order chi connectivity index (χ0) is 15.9. The maximum atomic E-state index is 11.0. The molecule has 3 rings (SSSR count). The molecule has 0 aliphatic carbocycles. The van der Waals surface area contributed by atoms with Gasteiger partial charge in [-0.15, -0.1) is 11.3 Å². The minimum atomic E-state index is -0.794. The Hall–Kier alpha value is -2.41. The molecule has 0 aliphatic rings. The topological polar surface area (TPSA) is 104 Å². The summed E-state index contributed by atoms with van der Waals surface area (Å²) in [4.78, 5) is 19.9. The first-order valence-corrected chi connectivity index (χ1v) is 7.59. The van der Waals surface area contributed by atoms with Crippen LogP contribution in [0.3, 0.4) is 0 Å². The molecule has 0 spiro atoms. The first-order valence-electron chi connectivity index (χ1n) is 6.78. The van der Waals surface area contributed by atoms with E-state index in [1.165, 1.54) is 11.3 Å². The fourth-order valence-electron chi connectivity index (χ4n) is 2.41. The summed E-state index contributed by atoms with van der Waals surface area (Å²) in [5, 5.41) is 1.84. The fraction of sp³-hybridized carbons (Fsp3) is 0.267. The molecule has 6 nitrogen and oxygen atoms in total. The number of amides is 1. The molecule has 0 atom stereocenters. The number of ether oxygens (including phenoxy) is 1. The van der Waals surface area contributed by atoms with E-state index in [2.05, 4.69) is 9.97 Å². The molecule has 7 heteroatoms. The van der Waals surface area contributed by atoms with Crippen molar-refractivity contribution >= 4 is 44.4 Å². The number of nitrogens with two attached hydrogens (primary N) is 2. The van der Waals surface area contributed by atoms with Crippen LogP contribution in [0.1, 0.15) is 18.9 Å².